The van der Waals surface area contributed by atoms with Crippen LogP contribution in [0.4, 0.5) is 0 Å². The molecule has 0 aromatic carbocycles. The van der Waals surface area contributed by atoms with Crippen LogP contribution in [0.3, 0.4) is 0 Å². The first-order chi connectivity index (χ1) is 8.50. The molecule has 0 spiro atoms. The van der Waals surface area contributed by atoms with E-state index >= 15 is 0 Å². The Morgan fingerprint density at radius 2 is 0.706 bits per heavy atom. The Labute approximate surface area is 108 Å². The Morgan fingerprint density at radius 3 is 1.12 bits per heavy atom. The van der Waals surface area contributed by atoms with Crippen LogP contribution in [0, 0.1) is 0 Å². The van der Waals surface area contributed by atoms with Gasteiger partial charge >= 0.3 is 0 Å². The molecule has 0 nitrogen and oxygen atoms in total. The first-order valence-electron chi connectivity index (χ1n) is 7.48. The molecule has 0 N–H and O–H groups in total. The van der Waals surface area contributed by atoms with Crippen LogP contribution >= 0.6 is 0 Å². The highest BCUT2D eigenvalue weighted by molar-refractivity contribution is 5.10. The van der Waals surface area contributed by atoms with Gasteiger partial charge in [0.25, 0.3) is 0 Å². The molecule has 0 fully saturated rings. The Morgan fingerprint density at radius 1 is 0.353 bits per heavy atom. The van der Waals surface area contributed by atoms with E-state index in [-0.39, 0.29) is 0 Å². The maximum absolute atomic E-state index is 2.29. The van der Waals surface area contributed by atoms with Crippen molar-refractivity contribution in [3.05, 3.63) is 36.5 Å². The van der Waals surface area contributed by atoms with Crippen LogP contribution in [0.15, 0.2) is 36.5 Å². The van der Waals surface area contributed by atoms with E-state index in [1.165, 1.54) is 70.6 Å². The monoisotopic (exact) mass is 232 g/mol. The summed E-state index contributed by atoms with van der Waals surface area (Å²) in [5.74, 6) is 0. The van der Waals surface area contributed by atoms with Crippen molar-refractivity contribution in [2.75, 3.05) is 0 Å². The molecule has 0 aliphatic heterocycles. The third kappa shape index (κ3) is 10.1. The molecule has 96 valence electrons. The standard InChI is InChI=1S/C17H28/c1-2-4-6-8-10-12-14-16-17-15-13-11-9-7-5-3-1/h1-6H,7-17H2. The smallest absolute Gasteiger partial charge is 0.0348 e. The first-order valence-corrected chi connectivity index (χ1v) is 7.48. The Bertz CT molecular complexity index is 208. The molecule has 0 aromatic rings. The lowest BCUT2D eigenvalue weighted by Gasteiger charge is -2.01. The Balaban J connectivity index is 2.22. The van der Waals surface area contributed by atoms with Crippen LogP contribution in [0.5, 0.6) is 0 Å². The summed E-state index contributed by atoms with van der Waals surface area (Å²) in [6.45, 7) is 0. The highest BCUT2D eigenvalue weighted by Crippen LogP contribution is 2.11. The average molecular weight is 232 g/mol. The van der Waals surface area contributed by atoms with Crippen molar-refractivity contribution in [1.29, 1.82) is 0 Å². The van der Waals surface area contributed by atoms with Gasteiger partial charge in [-0.2, -0.15) is 0 Å². The minimum absolute atomic E-state index is 1.24. The zero-order valence-electron chi connectivity index (χ0n) is 11.2. The third-order valence-corrected chi connectivity index (χ3v) is 3.35. The van der Waals surface area contributed by atoms with Crippen LogP contribution in [0.2, 0.25) is 0 Å². The van der Waals surface area contributed by atoms with E-state index in [0.717, 1.165) is 0 Å². The minimum Gasteiger partial charge on any atom is -0.0845 e. The van der Waals surface area contributed by atoms with E-state index in [1.54, 1.807) is 0 Å². The molecule has 1 aliphatic rings. The van der Waals surface area contributed by atoms with Crippen molar-refractivity contribution in [1.82, 2.24) is 0 Å². The maximum Gasteiger partial charge on any atom is -0.0348 e. The summed E-state index contributed by atoms with van der Waals surface area (Å²) in [6.07, 6.45) is 28.5. The highest BCUT2D eigenvalue weighted by Gasteiger charge is 1.92. The third-order valence-electron chi connectivity index (χ3n) is 3.35. The van der Waals surface area contributed by atoms with Gasteiger partial charge in [0.1, 0.15) is 0 Å². The molecular weight excluding hydrogens is 204 g/mol. The van der Waals surface area contributed by atoms with Crippen molar-refractivity contribution in [3.63, 3.8) is 0 Å². The van der Waals surface area contributed by atoms with Gasteiger partial charge in [0.15, 0.2) is 0 Å². The number of hydrogen-bond donors (Lipinski definition) is 0. The lowest BCUT2D eigenvalue weighted by Crippen LogP contribution is -1.81. The predicted octanol–water partition coefficient (Wildman–Crippen LogP) is 5.96. The van der Waals surface area contributed by atoms with Crippen LogP contribution in [-0.4, -0.2) is 0 Å². The predicted molar refractivity (Wildman–Crippen MR) is 78.2 cm³/mol. The zero-order valence-corrected chi connectivity index (χ0v) is 11.2. The fourth-order valence-electron chi connectivity index (χ4n) is 2.24. The largest absolute Gasteiger partial charge is 0.0845 e. The molecule has 0 amide bonds. The molecule has 0 saturated heterocycles. The summed E-state index contributed by atoms with van der Waals surface area (Å²) in [6, 6.07) is 0. The summed E-state index contributed by atoms with van der Waals surface area (Å²) >= 11 is 0. The van der Waals surface area contributed by atoms with Crippen LogP contribution in [0.1, 0.15) is 70.6 Å². The molecule has 0 bridgehead atoms. The van der Waals surface area contributed by atoms with E-state index in [1.807, 2.05) is 0 Å². The molecular formula is C17H28. The van der Waals surface area contributed by atoms with Crippen molar-refractivity contribution < 1.29 is 0 Å². The van der Waals surface area contributed by atoms with Crippen molar-refractivity contribution >= 4 is 0 Å². The van der Waals surface area contributed by atoms with Crippen LogP contribution in [0.25, 0.3) is 0 Å². The minimum atomic E-state index is 1.24. The average Bonchev–Trinajstić information content (AvgIpc) is 2.35. The number of hydrogen-bond acceptors (Lipinski definition) is 0. The van der Waals surface area contributed by atoms with E-state index < -0.39 is 0 Å². The molecule has 0 saturated carbocycles. The maximum atomic E-state index is 2.29. The summed E-state index contributed by atoms with van der Waals surface area (Å²) < 4.78 is 0. The van der Waals surface area contributed by atoms with E-state index in [4.69, 9.17) is 0 Å². The van der Waals surface area contributed by atoms with Crippen LogP contribution in [-0.2, 0) is 0 Å². The molecule has 0 heteroatoms. The van der Waals surface area contributed by atoms with Crippen molar-refractivity contribution in [3.8, 4) is 0 Å². The van der Waals surface area contributed by atoms with Crippen molar-refractivity contribution in [2.45, 2.75) is 70.6 Å². The van der Waals surface area contributed by atoms with Gasteiger partial charge in [-0.05, 0) is 25.7 Å². The van der Waals surface area contributed by atoms with E-state index in [2.05, 4.69) is 36.5 Å². The summed E-state index contributed by atoms with van der Waals surface area (Å²) in [4.78, 5) is 0. The molecule has 0 radical (unpaired) electrons. The summed E-state index contributed by atoms with van der Waals surface area (Å²) in [7, 11) is 0. The van der Waals surface area contributed by atoms with Gasteiger partial charge in [-0.15, -0.1) is 0 Å². The molecule has 17 heavy (non-hydrogen) atoms. The van der Waals surface area contributed by atoms with Gasteiger partial charge in [-0.3, -0.25) is 0 Å². The molecule has 1 aliphatic carbocycles. The van der Waals surface area contributed by atoms with Gasteiger partial charge < -0.3 is 0 Å². The second kappa shape index (κ2) is 11.7. The van der Waals surface area contributed by atoms with Gasteiger partial charge in [-0.1, -0.05) is 81.4 Å². The fraction of sp³-hybridized carbons (Fsp3) is 0.647. The molecule has 0 heterocycles. The second-order valence-corrected chi connectivity index (χ2v) is 5.00. The summed E-state index contributed by atoms with van der Waals surface area (Å²) in [5, 5.41) is 0. The zero-order chi connectivity index (χ0) is 12.0. The fourth-order valence-corrected chi connectivity index (χ4v) is 2.24. The van der Waals surface area contributed by atoms with E-state index in [0.29, 0.717) is 0 Å². The van der Waals surface area contributed by atoms with Gasteiger partial charge in [-0.25, -0.2) is 0 Å². The van der Waals surface area contributed by atoms with Gasteiger partial charge in [0.2, 0.25) is 0 Å². The number of rotatable bonds is 0. The second-order valence-electron chi connectivity index (χ2n) is 5.00. The highest BCUT2D eigenvalue weighted by atomic mass is 14.0. The van der Waals surface area contributed by atoms with E-state index in [9.17, 15) is 0 Å². The summed E-state index contributed by atoms with van der Waals surface area (Å²) in [5.41, 5.74) is 0. The lowest BCUT2D eigenvalue weighted by atomic mass is 10.1. The molecule has 0 atom stereocenters. The molecule has 0 aromatic heterocycles. The normalized spacial score (nSPS) is 21.2. The molecule has 0 unspecified atom stereocenters. The molecule has 1 rings (SSSR count). The van der Waals surface area contributed by atoms with Crippen molar-refractivity contribution in [2.24, 2.45) is 0 Å². The number of allylic oxidation sites excluding steroid dienone is 6. The SMILES string of the molecule is C1=CC=CCCCCCCCCCCCC=C1. The van der Waals surface area contributed by atoms with Crippen LogP contribution < -0.4 is 0 Å². The lowest BCUT2D eigenvalue weighted by molar-refractivity contribution is 0.561. The Hall–Kier alpha value is -0.780. The first kappa shape index (κ1) is 14.3. The van der Waals surface area contributed by atoms with Gasteiger partial charge in [0, 0.05) is 0 Å². The quantitative estimate of drug-likeness (QED) is 0.483. The van der Waals surface area contributed by atoms with Gasteiger partial charge in [0.05, 0.1) is 0 Å². The Kier molecular flexibility index (Phi) is 9.83. The topological polar surface area (TPSA) is 0 Å².